The maximum Gasteiger partial charge on any atom is 0.295 e. The first kappa shape index (κ1) is 24.9. The Morgan fingerprint density at radius 3 is 2.39 bits per heavy atom. The van der Waals surface area contributed by atoms with E-state index in [2.05, 4.69) is 0 Å². The Balaban J connectivity index is 2.10. The molecule has 2 aromatic rings. The molecule has 1 aliphatic heterocycles. The van der Waals surface area contributed by atoms with E-state index in [0.29, 0.717) is 23.6 Å². The van der Waals surface area contributed by atoms with Crippen LogP contribution in [0.1, 0.15) is 23.6 Å². The van der Waals surface area contributed by atoms with Crippen molar-refractivity contribution in [1.82, 2.24) is 9.21 Å². The van der Waals surface area contributed by atoms with Gasteiger partial charge in [-0.3, -0.25) is 9.59 Å². The zero-order valence-electron chi connectivity index (χ0n) is 18.5. The number of nitrogens with zero attached hydrogens (tertiary/aromatic N) is 2. The lowest BCUT2D eigenvalue weighted by Crippen LogP contribution is -2.31. The number of ketones is 1. The maximum atomic E-state index is 13.0. The van der Waals surface area contributed by atoms with Crippen LogP contribution in [0.2, 0.25) is 5.02 Å². The molecule has 1 unspecified atom stereocenters. The summed E-state index contributed by atoms with van der Waals surface area (Å²) in [5.74, 6) is -1.94. The van der Waals surface area contributed by atoms with Gasteiger partial charge in [0, 0.05) is 44.9 Å². The molecule has 0 spiro atoms. The van der Waals surface area contributed by atoms with Crippen LogP contribution in [0.3, 0.4) is 0 Å². The van der Waals surface area contributed by atoms with Gasteiger partial charge in [-0.05, 0) is 48.4 Å². The van der Waals surface area contributed by atoms with Gasteiger partial charge < -0.3 is 14.7 Å². The predicted octanol–water partition coefficient (Wildman–Crippen LogP) is 3.05. The highest BCUT2D eigenvalue weighted by atomic mass is 35.5. The van der Waals surface area contributed by atoms with Crippen LogP contribution >= 0.6 is 11.6 Å². The third kappa shape index (κ3) is 4.96. The van der Waals surface area contributed by atoms with E-state index < -0.39 is 27.8 Å². The van der Waals surface area contributed by atoms with Gasteiger partial charge in [-0.2, -0.15) is 0 Å². The number of hydrogen-bond acceptors (Lipinski definition) is 6. The molecule has 0 radical (unpaired) electrons. The van der Waals surface area contributed by atoms with Gasteiger partial charge in [0.15, 0.2) is 0 Å². The summed E-state index contributed by atoms with van der Waals surface area (Å²) in [6, 6.07) is 11.4. The third-order valence-corrected chi connectivity index (χ3v) is 7.42. The zero-order valence-corrected chi connectivity index (χ0v) is 20.1. The standard InChI is InChI=1S/C23H25ClN2O6S/c1-25(2)33(30,31)18-10-8-15(9-11-18)21(27)19-20(16-6-4-7-17(24)14-16)26(12-5-13-32-3)23(29)22(19)28/h4,6-11,14,20,27H,5,12-13H2,1-3H3/b21-19-. The highest BCUT2D eigenvalue weighted by Crippen LogP contribution is 2.40. The number of rotatable bonds is 8. The fourth-order valence-corrected chi connectivity index (χ4v) is 4.76. The predicted molar refractivity (Wildman–Crippen MR) is 124 cm³/mol. The van der Waals surface area contributed by atoms with Crippen LogP contribution in [-0.4, -0.2) is 68.8 Å². The first-order valence-electron chi connectivity index (χ1n) is 10.2. The number of ether oxygens (including phenoxy) is 1. The molecular weight excluding hydrogens is 468 g/mol. The number of aliphatic hydroxyl groups is 1. The Morgan fingerprint density at radius 2 is 1.82 bits per heavy atom. The average molecular weight is 493 g/mol. The normalized spacial score (nSPS) is 18.3. The molecule has 1 heterocycles. The Morgan fingerprint density at radius 1 is 1.15 bits per heavy atom. The highest BCUT2D eigenvalue weighted by Gasteiger charge is 2.45. The summed E-state index contributed by atoms with van der Waals surface area (Å²) in [4.78, 5) is 27.2. The summed E-state index contributed by atoms with van der Waals surface area (Å²) in [5, 5.41) is 11.5. The number of carbonyl (C=O) groups excluding carboxylic acids is 2. The number of likely N-dealkylation sites (tertiary alicyclic amines) is 1. The Hall–Kier alpha value is -2.72. The fraction of sp³-hybridized carbons (Fsp3) is 0.304. The molecule has 1 N–H and O–H groups in total. The van der Waals surface area contributed by atoms with Crippen LogP contribution in [-0.2, 0) is 24.3 Å². The highest BCUT2D eigenvalue weighted by molar-refractivity contribution is 7.89. The van der Waals surface area contributed by atoms with Crippen molar-refractivity contribution in [3.8, 4) is 0 Å². The lowest BCUT2D eigenvalue weighted by Gasteiger charge is -2.25. The number of sulfonamides is 1. The van der Waals surface area contributed by atoms with E-state index in [-0.39, 0.29) is 28.3 Å². The molecule has 3 rings (SSSR count). The number of halogens is 1. The molecule has 176 valence electrons. The molecular formula is C23H25ClN2O6S. The van der Waals surface area contributed by atoms with Crippen LogP contribution in [0, 0.1) is 0 Å². The van der Waals surface area contributed by atoms with E-state index in [1.54, 1.807) is 31.4 Å². The minimum atomic E-state index is -3.66. The smallest absolute Gasteiger partial charge is 0.295 e. The van der Waals surface area contributed by atoms with Crippen LogP contribution < -0.4 is 0 Å². The van der Waals surface area contributed by atoms with Gasteiger partial charge in [-0.1, -0.05) is 23.7 Å². The van der Waals surface area contributed by atoms with Gasteiger partial charge in [0.2, 0.25) is 10.0 Å². The molecule has 0 aromatic heterocycles. The van der Waals surface area contributed by atoms with E-state index in [4.69, 9.17) is 16.3 Å². The SMILES string of the molecule is COCCCN1C(=O)C(=O)/C(=C(\O)c2ccc(S(=O)(=O)N(C)C)cc2)C1c1cccc(Cl)c1. The summed E-state index contributed by atoms with van der Waals surface area (Å²) in [7, 11) is 0.718. The molecule has 1 aliphatic rings. The first-order chi connectivity index (χ1) is 15.6. The summed E-state index contributed by atoms with van der Waals surface area (Å²) in [5.41, 5.74) is 0.713. The van der Waals surface area contributed by atoms with E-state index >= 15 is 0 Å². The minimum absolute atomic E-state index is 0.0375. The van der Waals surface area contributed by atoms with Gasteiger partial charge in [0.05, 0.1) is 16.5 Å². The van der Waals surface area contributed by atoms with Gasteiger partial charge >= 0.3 is 0 Å². The number of methoxy groups -OCH3 is 1. The van der Waals surface area contributed by atoms with Crippen molar-refractivity contribution in [2.75, 3.05) is 34.4 Å². The summed E-state index contributed by atoms with van der Waals surface area (Å²) in [6.07, 6.45) is 0.498. The van der Waals surface area contributed by atoms with Gasteiger partial charge in [-0.25, -0.2) is 12.7 Å². The van der Waals surface area contributed by atoms with E-state index in [9.17, 15) is 23.1 Å². The second kappa shape index (κ2) is 10.0. The number of carbonyl (C=O) groups is 2. The quantitative estimate of drug-likeness (QED) is 0.263. The van der Waals surface area contributed by atoms with Crippen molar-refractivity contribution < 1.29 is 27.9 Å². The Kier molecular flexibility index (Phi) is 7.58. The maximum absolute atomic E-state index is 13.0. The van der Waals surface area contributed by atoms with Crippen molar-refractivity contribution in [2.24, 2.45) is 0 Å². The van der Waals surface area contributed by atoms with Crippen LogP contribution in [0.4, 0.5) is 0 Å². The van der Waals surface area contributed by atoms with Crippen LogP contribution in [0.5, 0.6) is 0 Å². The fourth-order valence-electron chi connectivity index (χ4n) is 3.66. The number of amides is 1. The van der Waals surface area contributed by atoms with E-state index in [0.717, 1.165) is 4.31 Å². The monoisotopic (exact) mass is 492 g/mol. The zero-order chi connectivity index (χ0) is 24.3. The van der Waals surface area contributed by atoms with Gasteiger partial charge in [-0.15, -0.1) is 0 Å². The van der Waals surface area contributed by atoms with Crippen molar-refractivity contribution in [2.45, 2.75) is 17.4 Å². The van der Waals surface area contributed by atoms with E-state index in [1.165, 1.54) is 43.3 Å². The van der Waals surface area contributed by atoms with Crippen LogP contribution in [0.25, 0.3) is 5.76 Å². The summed E-state index contributed by atoms with van der Waals surface area (Å²) in [6.45, 7) is 0.638. The number of Topliss-reactive ketones (excluding diaryl/α,β-unsaturated/α-hetero) is 1. The number of benzene rings is 2. The molecule has 10 heteroatoms. The molecule has 1 fully saturated rings. The number of hydrogen-bond donors (Lipinski definition) is 1. The molecule has 0 saturated carbocycles. The molecule has 2 aromatic carbocycles. The Bertz CT molecular complexity index is 1190. The molecule has 1 amide bonds. The molecule has 8 nitrogen and oxygen atoms in total. The molecule has 33 heavy (non-hydrogen) atoms. The Labute approximate surface area is 198 Å². The topological polar surface area (TPSA) is 104 Å². The van der Waals surface area contributed by atoms with Crippen molar-refractivity contribution >= 4 is 39.1 Å². The lowest BCUT2D eigenvalue weighted by atomic mass is 9.95. The molecule has 0 aliphatic carbocycles. The van der Waals surface area contributed by atoms with Crippen molar-refractivity contribution in [3.63, 3.8) is 0 Å². The number of aliphatic hydroxyl groups excluding tert-OH is 1. The second-order valence-corrected chi connectivity index (χ2v) is 10.3. The van der Waals surface area contributed by atoms with Crippen LogP contribution in [0.15, 0.2) is 59.0 Å². The largest absolute Gasteiger partial charge is 0.507 e. The second-order valence-electron chi connectivity index (χ2n) is 7.71. The van der Waals surface area contributed by atoms with Gasteiger partial charge in [0.25, 0.3) is 11.7 Å². The summed E-state index contributed by atoms with van der Waals surface area (Å²) < 4.78 is 30.8. The minimum Gasteiger partial charge on any atom is -0.507 e. The van der Waals surface area contributed by atoms with Crippen molar-refractivity contribution in [3.05, 3.63) is 70.3 Å². The van der Waals surface area contributed by atoms with Gasteiger partial charge in [0.1, 0.15) is 5.76 Å². The molecule has 1 saturated heterocycles. The van der Waals surface area contributed by atoms with Crippen molar-refractivity contribution in [1.29, 1.82) is 0 Å². The molecule has 0 bridgehead atoms. The average Bonchev–Trinajstić information content (AvgIpc) is 3.03. The lowest BCUT2D eigenvalue weighted by molar-refractivity contribution is -0.140. The first-order valence-corrected chi connectivity index (χ1v) is 12.0. The van der Waals surface area contributed by atoms with E-state index in [1.807, 2.05) is 0 Å². The summed E-state index contributed by atoms with van der Waals surface area (Å²) >= 11 is 6.15. The third-order valence-electron chi connectivity index (χ3n) is 5.36. The molecule has 1 atom stereocenters.